The van der Waals surface area contributed by atoms with Crippen molar-refractivity contribution in [2.24, 2.45) is 0 Å². The van der Waals surface area contributed by atoms with Gasteiger partial charge in [-0.15, -0.1) is 0 Å². The Hall–Kier alpha value is -2.82. The molecule has 1 aliphatic carbocycles. The van der Waals surface area contributed by atoms with Gasteiger partial charge in [0.2, 0.25) is 5.91 Å². The normalized spacial score (nSPS) is 22.6. The van der Waals surface area contributed by atoms with E-state index in [1.54, 1.807) is 17.7 Å². The molecule has 4 heterocycles. The summed E-state index contributed by atoms with van der Waals surface area (Å²) >= 11 is 0. The number of ether oxygens (including phenoxy) is 1. The zero-order valence-electron chi connectivity index (χ0n) is 17.7. The molecule has 32 heavy (non-hydrogen) atoms. The molecule has 1 unspecified atom stereocenters. The minimum absolute atomic E-state index is 0.00327. The number of hydrogen-bond acceptors (Lipinski definition) is 8. The van der Waals surface area contributed by atoms with E-state index in [0.29, 0.717) is 42.5 Å². The molecular formula is C21H24N4O6S. The Morgan fingerprint density at radius 1 is 1.25 bits per heavy atom. The molecule has 10 nitrogen and oxygen atoms in total. The summed E-state index contributed by atoms with van der Waals surface area (Å²) < 4.78 is 30.9. The van der Waals surface area contributed by atoms with Gasteiger partial charge in [0.15, 0.2) is 22.1 Å². The van der Waals surface area contributed by atoms with E-state index in [4.69, 9.17) is 9.72 Å². The van der Waals surface area contributed by atoms with Crippen molar-refractivity contribution in [2.75, 3.05) is 24.7 Å². The van der Waals surface area contributed by atoms with E-state index < -0.39 is 28.3 Å². The average molecular weight is 461 g/mol. The Bertz CT molecular complexity index is 1250. The smallest absolute Gasteiger partial charge is 0.339 e. The number of esters is 1. The number of imide groups is 1. The summed E-state index contributed by atoms with van der Waals surface area (Å²) in [4.78, 5) is 42.9. The van der Waals surface area contributed by atoms with Gasteiger partial charge in [0.25, 0.3) is 5.91 Å². The lowest BCUT2D eigenvalue weighted by atomic mass is 10.1. The number of fused-ring (bicyclic) bond motifs is 1. The zero-order valence-corrected chi connectivity index (χ0v) is 18.6. The van der Waals surface area contributed by atoms with Crippen molar-refractivity contribution in [1.82, 2.24) is 19.7 Å². The highest BCUT2D eigenvalue weighted by molar-refractivity contribution is 7.91. The minimum atomic E-state index is -3.12. The SMILES string of the molecule is Cc1nn(C2CCS(=O)(=O)C2)c2nc(C3CC3)cc(C(=O)OCC(=O)N3CCCC3=O)c12. The number of carbonyl (C=O) groups is 3. The zero-order chi connectivity index (χ0) is 22.6. The quantitative estimate of drug-likeness (QED) is 0.611. The number of likely N-dealkylation sites (tertiary alicyclic amines) is 1. The van der Waals surface area contributed by atoms with E-state index in [1.807, 2.05) is 0 Å². The van der Waals surface area contributed by atoms with Crippen LogP contribution in [0.15, 0.2) is 6.07 Å². The number of amides is 2. The Morgan fingerprint density at radius 3 is 2.66 bits per heavy atom. The van der Waals surface area contributed by atoms with Gasteiger partial charge in [-0.3, -0.25) is 14.5 Å². The van der Waals surface area contributed by atoms with Gasteiger partial charge in [-0.2, -0.15) is 5.10 Å². The monoisotopic (exact) mass is 460 g/mol. The molecule has 3 aliphatic rings. The molecule has 170 valence electrons. The summed E-state index contributed by atoms with van der Waals surface area (Å²) in [5, 5.41) is 5.04. The first-order valence-electron chi connectivity index (χ1n) is 10.8. The van der Waals surface area contributed by atoms with Crippen molar-refractivity contribution in [3.05, 3.63) is 23.0 Å². The fraction of sp³-hybridized carbons (Fsp3) is 0.571. The van der Waals surface area contributed by atoms with E-state index in [-0.39, 0.29) is 34.9 Å². The minimum Gasteiger partial charge on any atom is -0.452 e. The van der Waals surface area contributed by atoms with Crippen molar-refractivity contribution in [1.29, 1.82) is 0 Å². The van der Waals surface area contributed by atoms with Crippen LogP contribution in [0.4, 0.5) is 0 Å². The van der Waals surface area contributed by atoms with Crippen LogP contribution < -0.4 is 0 Å². The van der Waals surface area contributed by atoms with Crippen LogP contribution in [-0.2, 0) is 24.2 Å². The maximum Gasteiger partial charge on any atom is 0.339 e. The summed E-state index contributed by atoms with van der Waals surface area (Å²) in [5.74, 6) is -1.12. The van der Waals surface area contributed by atoms with Crippen molar-refractivity contribution in [3.8, 4) is 0 Å². The van der Waals surface area contributed by atoms with Crippen LogP contribution in [0.5, 0.6) is 0 Å². The number of aryl methyl sites for hydroxylation is 1. The lowest BCUT2D eigenvalue weighted by Crippen LogP contribution is -2.35. The van der Waals surface area contributed by atoms with Crippen LogP contribution in [0.2, 0.25) is 0 Å². The first-order valence-corrected chi connectivity index (χ1v) is 12.7. The third-order valence-electron chi connectivity index (χ3n) is 6.33. The van der Waals surface area contributed by atoms with Gasteiger partial charge < -0.3 is 4.74 Å². The highest BCUT2D eigenvalue weighted by Gasteiger charge is 2.34. The Kier molecular flexibility index (Phi) is 5.03. The number of sulfone groups is 1. The molecule has 2 aromatic heterocycles. The van der Waals surface area contributed by atoms with E-state index in [9.17, 15) is 22.8 Å². The van der Waals surface area contributed by atoms with Gasteiger partial charge in [0, 0.05) is 24.6 Å². The summed E-state index contributed by atoms with van der Waals surface area (Å²) in [5.41, 5.74) is 2.03. The number of nitrogens with zero attached hydrogens (tertiary/aromatic N) is 4. The van der Waals surface area contributed by atoms with Crippen molar-refractivity contribution in [2.45, 2.75) is 51.0 Å². The van der Waals surface area contributed by atoms with Crippen molar-refractivity contribution in [3.63, 3.8) is 0 Å². The Labute approximate surface area is 184 Å². The average Bonchev–Trinajstić information content (AvgIpc) is 3.30. The van der Waals surface area contributed by atoms with Gasteiger partial charge in [-0.05, 0) is 38.7 Å². The Balaban J connectivity index is 1.47. The van der Waals surface area contributed by atoms with Crippen LogP contribution >= 0.6 is 0 Å². The van der Waals surface area contributed by atoms with E-state index >= 15 is 0 Å². The maximum atomic E-state index is 13.0. The van der Waals surface area contributed by atoms with Crippen LogP contribution in [0, 0.1) is 6.92 Å². The van der Waals surface area contributed by atoms with Gasteiger partial charge in [0.1, 0.15) is 0 Å². The largest absolute Gasteiger partial charge is 0.452 e. The fourth-order valence-corrected chi connectivity index (χ4v) is 6.19. The second-order valence-corrected chi connectivity index (χ2v) is 11.0. The standard InChI is InChI=1S/C21H24N4O6S/c1-12-19-15(21(28)31-10-18(27)24-7-2-3-17(24)26)9-16(13-4-5-13)22-20(19)25(23-12)14-6-8-32(29,30)11-14/h9,13-14H,2-8,10-11H2,1H3. The highest BCUT2D eigenvalue weighted by atomic mass is 32.2. The van der Waals surface area contributed by atoms with Gasteiger partial charge in [-0.1, -0.05) is 0 Å². The molecule has 2 amide bonds. The second kappa shape index (κ2) is 7.65. The number of pyridine rings is 1. The number of rotatable bonds is 5. The number of carbonyl (C=O) groups excluding carboxylic acids is 3. The summed E-state index contributed by atoms with van der Waals surface area (Å²) in [6, 6.07) is 1.36. The highest BCUT2D eigenvalue weighted by Crippen LogP contribution is 2.41. The Morgan fingerprint density at radius 2 is 2.03 bits per heavy atom. The van der Waals surface area contributed by atoms with Gasteiger partial charge in [0.05, 0.1) is 34.2 Å². The number of hydrogen-bond donors (Lipinski definition) is 0. The second-order valence-electron chi connectivity index (χ2n) is 8.77. The molecule has 3 fully saturated rings. The summed E-state index contributed by atoms with van der Waals surface area (Å²) in [7, 11) is -3.12. The van der Waals surface area contributed by atoms with E-state index in [0.717, 1.165) is 23.4 Å². The molecule has 2 saturated heterocycles. The van der Waals surface area contributed by atoms with Crippen LogP contribution in [0.3, 0.4) is 0 Å². The first-order chi connectivity index (χ1) is 15.2. The molecular weight excluding hydrogens is 436 g/mol. The maximum absolute atomic E-state index is 13.0. The summed E-state index contributed by atoms with van der Waals surface area (Å²) in [6.07, 6.45) is 3.32. The lowest BCUT2D eigenvalue weighted by molar-refractivity contribution is -0.143. The molecule has 2 aromatic rings. The van der Waals surface area contributed by atoms with Crippen LogP contribution in [0.25, 0.3) is 11.0 Å². The van der Waals surface area contributed by atoms with Crippen LogP contribution in [-0.4, -0.2) is 70.5 Å². The van der Waals surface area contributed by atoms with Gasteiger partial charge in [-0.25, -0.2) is 22.9 Å². The lowest BCUT2D eigenvalue weighted by Gasteiger charge is -2.14. The van der Waals surface area contributed by atoms with Gasteiger partial charge >= 0.3 is 5.97 Å². The molecule has 0 N–H and O–H groups in total. The molecule has 1 saturated carbocycles. The topological polar surface area (TPSA) is 129 Å². The first kappa shape index (κ1) is 21.0. The third kappa shape index (κ3) is 3.78. The van der Waals surface area contributed by atoms with Crippen molar-refractivity contribution < 1.29 is 27.5 Å². The third-order valence-corrected chi connectivity index (χ3v) is 8.08. The molecule has 0 radical (unpaired) electrons. The molecule has 0 spiro atoms. The molecule has 1 atom stereocenters. The van der Waals surface area contributed by atoms with Crippen LogP contribution in [0.1, 0.15) is 65.8 Å². The molecule has 11 heteroatoms. The molecule has 0 aromatic carbocycles. The predicted molar refractivity (Wildman–Crippen MR) is 113 cm³/mol. The van der Waals surface area contributed by atoms with Crippen molar-refractivity contribution >= 4 is 38.7 Å². The van der Waals surface area contributed by atoms with E-state index in [1.165, 1.54) is 0 Å². The fourth-order valence-electron chi connectivity index (χ4n) is 4.50. The molecule has 5 rings (SSSR count). The molecule has 0 bridgehead atoms. The summed E-state index contributed by atoms with van der Waals surface area (Å²) in [6.45, 7) is 1.57. The van der Waals surface area contributed by atoms with E-state index in [2.05, 4.69) is 5.10 Å². The number of aromatic nitrogens is 3. The molecule has 2 aliphatic heterocycles. The predicted octanol–water partition coefficient (Wildman–Crippen LogP) is 1.28.